The number of rotatable bonds is 5. The molecule has 2 aromatic heterocycles. The van der Waals surface area contributed by atoms with Crippen molar-refractivity contribution >= 4 is 5.91 Å². The maximum absolute atomic E-state index is 12.2. The van der Waals surface area contributed by atoms with Crippen molar-refractivity contribution in [3.63, 3.8) is 0 Å². The lowest BCUT2D eigenvalue weighted by molar-refractivity contribution is 0.0942. The highest BCUT2D eigenvalue weighted by molar-refractivity contribution is 5.93. The van der Waals surface area contributed by atoms with Crippen molar-refractivity contribution in [2.75, 3.05) is 6.54 Å². The highest BCUT2D eigenvalue weighted by Gasteiger charge is 2.26. The van der Waals surface area contributed by atoms with E-state index in [2.05, 4.69) is 22.5 Å². The van der Waals surface area contributed by atoms with Crippen LogP contribution in [0.15, 0.2) is 16.9 Å². The van der Waals surface area contributed by atoms with Crippen molar-refractivity contribution < 1.29 is 9.32 Å². The predicted molar refractivity (Wildman–Crippen MR) is 81.6 cm³/mol. The Kier molecular flexibility index (Phi) is 4.27. The second-order valence-corrected chi connectivity index (χ2v) is 6.17. The van der Waals surface area contributed by atoms with Gasteiger partial charge in [0.25, 0.3) is 5.91 Å². The molecule has 0 radical (unpaired) electrons. The van der Waals surface area contributed by atoms with Gasteiger partial charge in [-0.15, -0.1) is 0 Å². The van der Waals surface area contributed by atoms with E-state index < -0.39 is 0 Å². The van der Waals surface area contributed by atoms with Crippen LogP contribution in [0.25, 0.3) is 0 Å². The summed E-state index contributed by atoms with van der Waals surface area (Å²) in [7, 11) is 0. The number of amides is 1. The molecule has 1 aliphatic rings. The van der Waals surface area contributed by atoms with Gasteiger partial charge in [0.05, 0.1) is 6.20 Å². The molecule has 1 N–H and O–H groups in total. The van der Waals surface area contributed by atoms with Crippen LogP contribution in [-0.2, 0) is 19.4 Å². The van der Waals surface area contributed by atoms with Crippen LogP contribution in [0.2, 0.25) is 0 Å². The van der Waals surface area contributed by atoms with Crippen molar-refractivity contribution in [2.45, 2.75) is 46.1 Å². The molecule has 6 heteroatoms. The minimum Gasteiger partial charge on any atom is -0.360 e. The second kappa shape index (κ2) is 6.34. The molecule has 0 fully saturated rings. The van der Waals surface area contributed by atoms with E-state index in [1.165, 1.54) is 0 Å². The first-order valence-electron chi connectivity index (χ1n) is 7.88. The second-order valence-electron chi connectivity index (χ2n) is 6.17. The zero-order valence-electron chi connectivity index (χ0n) is 13.1. The molecule has 2 heterocycles. The fraction of sp³-hybridized carbons (Fsp3) is 0.562. The molecule has 1 amide bonds. The lowest BCUT2D eigenvalue weighted by atomic mass is 9.88. The first-order valence-corrected chi connectivity index (χ1v) is 7.88. The molecule has 0 saturated carbocycles. The smallest absolute Gasteiger partial charge is 0.273 e. The first-order chi connectivity index (χ1) is 10.6. The van der Waals surface area contributed by atoms with E-state index in [4.69, 9.17) is 4.52 Å². The number of hydrogen-bond donors (Lipinski definition) is 1. The van der Waals surface area contributed by atoms with Crippen LogP contribution < -0.4 is 5.32 Å². The van der Waals surface area contributed by atoms with Crippen molar-refractivity contribution in [3.8, 4) is 0 Å². The Hall–Kier alpha value is -2.11. The van der Waals surface area contributed by atoms with Crippen LogP contribution in [-0.4, -0.2) is 27.4 Å². The van der Waals surface area contributed by atoms with Gasteiger partial charge in [-0.1, -0.05) is 12.1 Å². The Bertz CT molecular complexity index is 659. The summed E-state index contributed by atoms with van der Waals surface area (Å²) in [6.07, 6.45) is 7.54. The zero-order chi connectivity index (χ0) is 15.5. The summed E-state index contributed by atoms with van der Waals surface area (Å²) >= 11 is 0. The summed E-state index contributed by atoms with van der Waals surface area (Å²) < 4.78 is 7.20. The van der Waals surface area contributed by atoms with E-state index >= 15 is 0 Å². The van der Waals surface area contributed by atoms with Gasteiger partial charge >= 0.3 is 0 Å². The molecule has 1 atom stereocenters. The molecule has 1 aliphatic carbocycles. The number of aromatic nitrogens is 3. The zero-order valence-corrected chi connectivity index (χ0v) is 13.1. The van der Waals surface area contributed by atoms with Gasteiger partial charge in [0.1, 0.15) is 5.76 Å². The van der Waals surface area contributed by atoms with E-state index in [9.17, 15) is 4.79 Å². The van der Waals surface area contributed by atoms with Gasteiger partial charge in [-0.2, -0.15) is 5.10 Å². The van der Waals surface area contributed by atoms with Crippen LogP contribution in [0, 0.1) is 12.8 Å². The molecule has 1 unspecified atom stereocenters. The summed E-state index contributed by atoms with van der Waals surface area (Å²) in [5, 5.41) is 11.1. The van der Waals surface area contributed by atoms with E-state index in [1.54, 1.807) is 0 Å². The van der Waals surface area contributed by atoms with Crippen LogP contribution in [0.4, 0.5) is 0 Å². The molecule has 22 heavy (non-hydrogen) atoms. The molecule has 0 spiro atoms. The summed E-state index contributed by atoms with van der Waals surface area (Å²) in [6.45, 7) is 5.61. The van der Waals surface area contributed by atoms with Gasteiger partial charge in [0, 0.05) is 31.3 Å². The average molecular weight is 302 g/mol. The fourth-order valence-electron chi connectivity index (χ4n) is 2.87. The third-order valence-electron chi connectivity index (χ3n) is 4.11. The van der Waals surface area contributed by atoms with Gasteiger partial charge in [0.2, 0.25) is 0 Å². The fourth-order valence-corrected chi connectivity index (χ4v) is 2.87. The van der Waals surface area contributed by atoms with Gasteiger partial charge in [-0.05, 0) is 37.7 Å². The van der Waals surface area contributed by atoms with Gasteiger partial charge in [-0.25, -0.2) is 0 Å². The Morgan fingerprint density at radius 1 is 1.55 bits per heavy atom. The normalized spacial score (nSPS) is 17.3. The number of hydrogen-bond acceptors (Lipinski definition) is 4. The van der Waals surface area contributed by atoms with Crippen molar-refractivity contribution in [2.24, 2.45) is 5.92 Å². The molecule has 0 aliphatic heterocycles. The third-order valence-corrected chi connectivity index (χ3v) is 4.11. The standard InChI is InChI=1S/C16H22N4O2/c1-11-4-5-14-13(8-11)15(19-22-14)16(21)17-6-3-7-20-10-12(2)9-18-20/h9-11H,3-8H2,1-2H3,(H,17,21). The van der Waals surface area contributed by atoms with Crippen molar-refractivity contribution in [1.29, 1.82) is 0 Å². The highest BCUT2D eigenvalue weighted by Crippen LogP contribution is 2.27. The predicted octanol–water partition coefficient (Wildman–Crippen LogP) is 2.12. The van der Waals surface area contributed by atoms with E-state index in [1.807, 2.05) is 24.0 Å². The van der Waals surface area contributed by atoms with Crippen molar-refractivity contribution in [3.05, 3.63) is 35.0 Å². The number of carbonyl (C=O) groups is 1. The minimum absolute atomic E-state index is 0.129. The SMILES string of the molecule is Cc1cnn(CCCNC(=O)c2noc3c2CC(C)CC3)c1. The summed E-state index contributed by atoms with van der Waals surface area (Å²) in [6, 6.07) is 0. The van der Waals surface area contributed by atoms with E-state index in [0.29, 0.717) is 18.2 Å². The van der Waals surface area contributed by atoms with E-state index in [-0.39, 0.29) is 5.91 Å². The number of carbonyl (C=O) groups excluding carboxylic acids is 1. The molecular formula is C16H22N4O2. The first kappa shape index (κ1) is 14.8. The molecule has 3 rings (SSSR count). The number of fused-ring (bicyclic) bond motifs is 1. The summed E-state index contributed by atoms with van der Waals surface area (Å²) in [5.41, 5.74) is 2.61. The van der Waals surface area contributed by atoms with Gasteiger partial charge in [0.15, 0.2) is 5.69 Å². The van der Waals surface area contributed by atoms with Crippen molar-refractivity contribution in [1.82, 2.24) is 20.3 Å². The van der Waals surface area contributed by atoms with Crippen LogP contribution in [0.3, 0.4) is 0 Å². The topological polar surface area (TPSA) is 73.0 Å². The van der Waals surface area contributed by atoms with Crippen LogP contribution in [0.1, 0.15) is 47.1 Å². The highest BCUT2D eigenvalue weighted by atomic mass is 16.5. The van der Waals surface area contributed by atoms with Gasteiger partial charge < -0.3 is 9.84 Å². The number of nitrogens with one attached hydrogen (secondary N) is 1. The maximum Gasteiger partial charge on any atom is 0.273 e. The van der Waals surface area contributed by atoms with Crippen LogP contribution in [0.5, 0.6) is 0 Å². The molecule has 0 aromatic carbocycles. The monoisotopic (exact) mass is 302 g/mol. The average Bonchev–Trinajstić information content (AvgIpc) is 3.09. The Labute approximate surface area is 129 Å². The number of nitrogens with zero attached hydrogens (tertiary/aromatic N) is 3. The number of aryl methyl sites for hydroxylation is 3. The molecule has 2 aromatic rings. The summed E-state index contributed by atoms with van der Waals surface area (Å²) in [5.74, 6) is 1.34. The largest absolute Gasteiger partial charge is 0.360 e. The Morgan fingerprint density at radius 2 is 2.41 bits per heavy atom. The molecule has 6 nitrogen and oxygen atoms in total. The lowest BCUT2D eigenvalue weighted by Crippen LogP contribution is -2.27. The Morgan fingerprint density at radius 3 is 3.18 bits per heavy atom. The molecular weight excluding hydrogens is 280 g/mol. The van der Waals surface area contributed by atoms with Gasteiger partial charge in [-0.3, -0.25) is 9.48 Å². The lowest BCUT2D eigenvalue weighted by Gasteiger charge is -2.16. The van der Waals surface area contributed by atoms with Crippen LogP contribution >= 0.6 is 0 Å². The quantitative estimate of drug-likeness (QED) is 0.859. The van der Waals surface area contributed by atoms with E-state index in [0.717, 1.165) is 49.1 Å². The minimum atomic E-state index is -0.129. The third kappa shape index (κ3) is 3.21. The maximum atomic E-state index is 12.2. The molecule has 0 bridgehead atoms. The molecule has 118 valence electrons. The Balaban J connectivity index is 1.51. The molecule has 0 saturated heterocycles. The summed E-state index contributed by atoms with van der Waals surface area (Å²) in [4.78, 5) is 12.2.